The molecule has 0 unspecified atom stereocenters. The molecule has 0 amide bonds. The minimum absolute atomic E-state index is 0. The van der Waals surface area contributed by atoms with Gasteiger partial charge in [-0.1, -0.05) is 6.92 Å². The second kappa shape index (κ2) is 85.6. The summed E-state index contributed by atoms with van der Waals surface area (Å²) in [5, 5.41) is 0. The van der Waals surface area contributed by atoms with Crippen molar-refractivity contribution in [3.05, 3.63) is 77.0 Å². The topological polar surface area (TPSA) is 15.8 Å². The number of aromatic nitrogens is 1. The summed E-state index contributed by atoms with van der Waals surface area (Å²) in [5.41, 5.74) is 0. The van der Waals surface area contributed by atoms with Gasteiger partial charge in [-0.25, -0.2) is 12.2 Å². The van der Waals surface area contributed by atoms with Crippen molar-refractivity contribution in [3.8, 4) is 0 Å². The summed E-state index contributed by atoms with van der Waals surface area (Å²) in [6, 6.07) is 3.71. The van der Waals surface area contributed by atoms with Crippen molar-refractivity contribution in [2.75, 3.05) is 0 Å². The van der Waals surface area contributed by atoms with Crippen LogP contribution in [-0.2, 0) is 19.5 Å². The number of nitrogens with one attached hydrogen (secondary N) is 1. The Kier molecular flexibility index (Phi) is 163. The number of rotatable bonds is 1. The van der Waals surface area contributed by atoms with Crippen molar-refractivity contribution in [1.82, 2.24) is 4.98 Å². The standard InChI is InChI=1S/C5H7.C4H4N.4C2H5.Ru/c1-3-5-4-2;1-2-4-5-3-1;4*1-2;/h1,3-5H,2H3;1-3,5H;4*1H2,2H3;/q6*-1;+6. The van der Waals surface area contributed by atoms with Crippen LogP contribution in [0.3, 0.4) is 0 Å². The number of aromatic amines is 1. The van der Waals surface area contributed by atoms with Crippen LogP contribution in [0.25, 0.3) is 0 Å². The van der Waals surface area contributed by atoms with Crippen molar-refractivity contribution >= 4 is 0 Å². The fraction of sp³-hybridized carbons (Fsp3) is 0.294. The molecule has 112 valence electrons. The Hall–Kier alpha value is -0.617. The van der Waals surface area contributed by atoms with Crippen LogP contribution in [0.1, 0.15) is 34.6 Å². The molecule has 0 radical (unpaired) electrons. The Morgan fingerprint density at radius 1 is 1.00 bits per heavy atom. The van der Waals surface area contributed by atoms with Gasteiger partial charge in [0.1, 0.15) is 0 Å². The molecule has 0 aliphatic rings. The van der Waals surface area contributed by atoms with Crippen molar-refractivity contribution < 1.29 is 19.5 Å². The molecule has 1 aromatic heterocycles. The van der Waals surface area contributed by atoms with Gasteiger partial charge < -0.3 is 32.7 Å². The Balaban J connectivity index is -0.0000000285. The Labute approximate surface area is 136 Å². The second-order valence-electron chi connectivity index (χ2n) is 1.53. The van der Waals surface area contributed by atoms with Gasteiger partial charge in [-0.15, -0.1) is 6.20 Å². The fourth-order valence-corrected chi connectivity index (χ4v) is 0.352. The molecule has 1 N–H and O–H groups in total. The first-order valence-electron chi connectivity index (χ1n) is 5.90. The Morgan fingerprint density at radius 3 is 1.47 bits per heavy atom. The van der Waals surface area contributed by atoms with E-state index in [-0.39, 0.29) is 19.5 Å². The molecule has 1 nitrogen and oxygen atoms in total. The van der Waals surface area contributed by atoms with Crippen LogP contribution in [0, 0.1) is 40.5 Å². The van der Waals surface area contributed by atoms with E-state index in [0.29, 0.717) is 0 Å². The van der Waals surface area contributed by atoms with E-state index in [4.69, 9.17) is 6.58 Å². The Morgan fingerprint density at radius 2 is 1.42 bits per heavy atom. The maximum absolute atomic E-state index is 4.93. The van der Waals surface area contributed by atoms with E-state index in [1.54, 1.807) is 33.8 Å². The van der Waals surface area contributed by atoms with Gasteiger partial charge in [-0.3, -0.25) is 6.58 Å². The van der Waals surface area contributed by atoms with Gasteiger partial charge in [0, 0.05) is 0 Å². The van der Waals surface area contributed by atoms with E-state index in [9.17, 15) is 0 Å². The monoisotopic (exact) mass is 351 g/mol. The summed E-state index contributed by atoms with van der Waals surface area (Å²) in [5.74, 6) is 0. The largest absolute Gasteiger partial charge is 6.00 e. The third kappa shape index (κ3) is 101. The summed E-state index contributed by atoms with van der Waals surface area (Å²) in [4.78, 5) is 2.74. The van der Waals surface area contributed by atoms with Gasteiger partial charge >= 0.3 is 19.5 Å². The Bertz CT molecular complexity index is 150. The van der Waals surface area contributed by atoms with E-state index in [1.165, 1.54) is 6.08 Å². The van der Waals surface area contributed by atoms with Crippen molar-refractivity contribution in [2.45, 2.75) is 34.6 Å². The first-order valence-corrected chi connectivity index (χ1v) is 5.90. The third-order valence-electron chi connectivity index (χ3n) is 0.746. The minimum Gasteiger partial charge on any atom is -0.484 e. The van der Waals surface area contributed by atoms with E-state index >= 15 is 0 Å². The van der Waals surface area contributed by atoms with Crippen molar-refractivity contribution in [3.63, 3.8) is 0 Å². The van der Waals surface area contributed by atoms with E-state index in [2.05, 4.69) is 38.9 Å². The third-order valence-corrected chi connectivity index (χ3v) is 0.746. The zero-order valence-corrected chi connectivity index (χ0v) is 15.0. The van der Waals surface area contributed by atoms with Crippen LogP contribution in [0.4, 0.5) is 0 Å². The summed E-state index contributed by atoms with van der Waals surface area (Å²) < 4.78 is 0. The van der Waals surface area contributed by atoms with Crippen LogP contribution in [0.15, 0.2) is 36.6 Å². The van der Waals surface area contributed by atoms with Crippen molar-refractivity contribution in [1.29, 1.82) is 0 Å². The van der Waals surface area contributed by atoms with Crippen LogP contribution in [0.5, 0.6) is 0 Å². The van der Waals surface area contributed by atoms with Gasteiger partial charge in [0.25, 0.3) is 0 Å². The van der Waals surface area contributed by atoms with Crippen molar-refractivity contribution in [2.24, 2.45) is 0 Å². The minimum atomic E-state index is 0. The molecule has 0 atom stereocenters. The average molecular weight is 351 g/mol. The predicted octanol–water partition coefficient (Wildman–Crippen LogP) is 5.73. The quantitative estimate of drug-likeness (QED) is 0.378. The molecule has 0 bridgehead atoms. The molecule has 0 aliphatic heterocycles. The molecular formula is C17H31NRu. The van der Waals surface area contributed by atoms with Crippen LogP contribution in [0.2, 0.25) is 0 Å². The van der Waals surface area contributed by atoms with Crippen LogP contribution >= 0.6 is 0 Å². The summed E-state index contributed by atoms with van der Waals surface area (Å²) >= 11 is 0. The summed E-state index contributed by atoms with van der Waals surface area (Å²) in [7, 11) is 0. The molecule has 0 saturated heterocycles. The number of allylic oxidation sites excluding steroid dienone is 3. The van der Waals surface area contributed by atoms with E-state index in [0.717, 1.165) is 0 Å². The molecule has 0 aliphatic carbocycles. The molecule has 0 saturated carbocycles. The first-order chi connectivity index (χ1) is 8.91. The summed E-state index contributed by atoms with van der Waals surface area (Å²) in [6.07, 6.45) is 9.71. The number of hydrogen-bond donors (Lipinski definition) is 1. The smallest absolute Gasteiger partial charge is 0.484 e. The SMILES string of the molecule is [CH-]=CC=CC.[CH2-]C.[CH2-]C.[CH2-]C.[CH2-]C.[Ru+6].[c-]1ccc[nH]1. The molecule has 1 aromatic rings. The zero-order chi connectivity index (χ0) is 15.7. The van der Waals surface area contributed by atoms with Gasteiger partial charge in [-0.05, 0) is 0 Å². The number of hydrogen-bond acceptors (Lipinski definition) is 0. The van der Waals surface area contributed by atoms with Gasteiger partial charge in [-0.2, -0.15) is 52.1 Å². The van der Waals surface area contributed by atoms with Gasteiger partial charge in [0.15, 0.2) is 0 Å². The maximum atomic E-state index is 4.93. The van der Waals surface area contributed by atoms with E-state index in [1.807, 2.05) is 31.3 Å². The molecular weight excluding hydrogens is 319 g/mol. The molecule has 2 heteroatoms. The summed E-state index contributed by atoms with van der Waals surface area (Å²) in [6.45, 7) is 26.8. The molecule has 1 rings (SSSR count). The van der Waals surface area contributed by atoms with Crippen LogP contribution < -0.4 is 0 Å². The molecule has 0 spiro atoms. The normalized spacial score (nSPS) is 5.74. The second-order valence-corrected chi connectivity index (χ2v) is 1.53. The van der Waals surface area contributed by atoms with E-state index < -0.39 is 0 Å². The fourth-order valence-electron chi connectivity index (χ4n) is 0.352. The molecule has 19 heavy (non-hydrogen) atoms. The number of H-pyrrole nitrogens is 1. The predicted molar refractivity (Wildman–Crippen MR) is 87.4 cm³/mol. The molecule has 0 fully saturated rings. The van der Waals surface area contributed by atoms with Crippen LogP contribution in [-0.4, -0.2) is 4.98 Å². The average Bonchev–Trinajstić information content (AvgIpc) is 3.08. The maximum Gasteiger partial charge on any atom is 6.00 e. The van der Waals surface area contributed by atoms with Gasteiger partial charge in [0.05, 0.1) is 0 Å². The molecule has 1 heterocycles. The zero-order valence-electron chi connectivity index (χ0n) is 13.2. The molecule has 0 aromatic carbocycles. The first kappa shape index (κ1) is 36.2. The van der Waals surface area contributed by atoms with Gasteiger partial charge in [0.2, 0.25) is 0 Å².